The molecule has 0 saturated carbocycles. The molecular weight excluding hydrogens is 198 g/mol. The van der Waals surface area contributed by atoms with Gasteiger partial charge < -0.3 is 11.1 Å². The molecule has 0 amide bonds. The molecule has 2 aromatic rings. The van der Waals surface area contributed by atoms with Crippen LogP contribution in [0.1, 0.15) is 6.92 Å². The lowest BCUT2D eigenvalue weighted by atomic mass is 10.1. The van der Waals surface area contributed by atoms with Gasteiger partial charge in [0.15, 0.2) is 0 Å². The minimum atomic E-state index is 0.203. The summed E-state index contributed by atoms with van der Waals surface area (Å²) < 4.78 is 0. The van der Waals surface area contributed by atoms with Gasteiger partial charge in [-0.2, -0.15) is 0 Å². The van der Waals surface area contributed by atoms with Gasteiger partial charge in [-0.15, -0.1) is 6.58 Å². The Morgan fingerprint density at radius 2 is 2.25 bits per heavy atom. The Bertz CT molecular complexity index is 520. The summed E-state index contributed by atoms with van der Waals surface area (Å²) in [5.41, 5.74) is 8.53. The molecule has 82 valence electrons. The summed E-state index contributed by atoms with van der Waals surface area (Å²) in [6, 6.07) is 7.90. The molecule has 0 aliphatic carbocycles. The maximum atomic E-state index is 5.90. The van der Waals surface area contributed by atoms with E-state index in [1.54, 1.807) is 6.20 Å². The van der Waals surface area contributed by atoms with E-state index in [1.807, 2.05) is 37.3 Å². The largest absolute Gasteiger partial charge is 0.398 e. The number of hydrogen-bond acceptors (Lipinski definition) is 3. The lowest BCUT2D eigenvalue weighted by Gasteiger charge is -2.13. The van der Waals surface area contributed by atoms with Crippen LogP contribution in [0.3, 0.4) is 0 Å². The van der Waals surface area contributed by atoms with E-state index in [0.29, 0.717) is 0 Å². The lowest BCUT2D eigenvalue weighted by Crippen LogP contribution is -2.11. The topological polar surface area (TPSA) is 50.9 Å². The van der Waals surface area contributed by atoms with Gasteiger partial charge in [0.1, 0.15) is 0 Å². The first-order valence-electron chi connectivity index (χ1n) is 5.24. The first kappa shape index (κ1) is 10.5. The van der Waals surface area contributed by atoms with Gasteiger partial charge in [-0.25, -0.2) is 0 Å². The number of nitrogens with zero attached hydrogens (tertiary/aromatic N) is 1. The zero-order chi connectivity index (χ0) is 11.5. The van der Waals surface area contributed by atoms with Gasteiger partial charge in [0, 0.05) is 23.3 Å². The van der Waals surface area contributed by atoms with Crippen molar-refractivity contribution in [3.05, 3.63) is 43.1 Å². The van der Waals surface area contributed by atoms with Crippen LogP contribution in [-0.4, -0.2) is 11.0 Å². The molecule has 0 radical (unpaired) electrons. The normalized spacial score (nSPS) is 12.3. The van der Waals surface area contributed by atoms with Crippen molar-refractivity contribution >= 4 is 22.3 Å². The highest BCUT2D eigenvalue weighted by Crippen LogP contribution is 2.26. The van der Waals surface area contributed by atoms with Gasteiger partial charge in [-0.05, 0) is 31.2 Å². The average molecular weight is 213 g/mol. The number of rotatable bonds is 3. The fraction of sp³-hybridized carbons (Fsp3) is 0.154. The van der Waals surface area contributed by atoms with E-state index in [2.05, 4.69) is 16.9 Å². The van der Waals surface area contributed by atoms with Crippen LogP contribution in [0.25, 0.3) is 10.9 Å². The standard InChI is InChI=1S/C13H15N3/c1-3-9(2)16-12-7-6-11(14)10-5-4-8-15-13(10)12/h3-9,16H,1,14H2,2H3. The van der Waals surface area contributed by atoms with E-state index in [9.17, 15) is 0 Å². The van der Waals surface area contributed by atoms with E-state index < -0.39 is 0 Å². The zero-order valence-corrected chi connectivity index (χ0v) is 9.27. The molecule has 1 atom stereocenters. The van der Waals surface area contributed by atoms with Crippen LogP contribution in [0, 0.1) is 0 Å². The van der Waals surface area contributed by atoms with Crippen LogP contribution < -0.4 is 11.1 Å². The second-order valence-corrected chi connectivity index (χ2v) is 3.77. The minimum Gasteiger partial charge on any atom is -0.398 e. The summed E-state index contributed by atoms with van der Waals surface area (Å²) in [5.74, 6) is 0. The van der Waals surface area contributed by atoms with Crippen molar-refractivity contribution in [1.29, 1.82) is 0 Å². The number of anilines is 2. The summed E-state index contributed by atoms with van der Waals surface area (Å²) in [6.45, 7) is 5.79. The van der Waals surface area contributed by atoms with Gasteiger partial charge in [0.2, 0.25) is 0 Å². The smallest absolute Gasteiger partial charge is 0.0954 e. The van der Waals surface area contributed by atoms with Crippen LogP contribution in [0.4, 0.5) is 11.4 Å². The fourth-order valence-electron chi connectivity index (χ4n) is 1.62. The number of aromatic nitrogens is 1. The molecule has 3 nitrogen and oxygen atoms in total. The Kier molecular flexibility index (Phi) is 2.77. The predicted octanol–water partition coefficient (Wildman–Crippen LogP) is 2.80. The van der Waals surface area contributed by atoms with Crippen molar-refractivity contribution in [1.82, 2.24) is 4.98 Å². The molecule has 3 heteroatoms. The van der Waals surface area contributed by atoms with Crippen LogP contribution in [-0.2, 0) is 0 Å². The Hall–Kier alpha value is -2.03. The average Bonchev–Trinajstić information content (AvgIpc) is 2.33. The molecule has 2 rings (SSSR count). The van der Waals surface area contributed by atoms with Crippen LogP contribution in [0.15, 0.2) is 43.1 Å². The molecule has 0 fully saturated rings. The maximum absolute atomic E-state index is 5.90. The molecule has 16 heavy (non-hydrogen) atoms. The molecule has 1 heterocycles. The maximum Gasteiger partial charge on any atom is 0.0954 e. The first-order valence-corrected chi connectivity index (χ1v) is 5.24. The van der Waals surface area contributed by atoms with Gasteiger partial charge >= 0.3 is 0 Å². The number of nitrogens with one attached hydrogen (secondary N) is 1. The molecule has 1 aromatic carbocycles. The van der Waals surface area contributed by atoms with Crippen molar-refractivity contribution in [2.75, 3.05) is 11.1 Å². The number of pyridine rings is 1. The van der Waals surface area contributed by atoms with Crippen LogP contribution >= 0.6 is 0 Å². The zero-order valence-electron chi connectivity index (χ0n) is 9.27. The second-order valence-electron chi connectivity index (χ2n) is 3.77. The molecule has 0 aliphatic heterocycles. The molecule has 0 bridgehead atoms. The SMILES string of the molecule is C=CC(C)Nc1ccc(N)c2cccnc12. The summed E-state index contributed by atoms with van der Waals surface area (Å²) >= 11 is 0. The van der Waals surface area contributed by atoms with Gasteiger partial charge in [0.05, 0.1) is 11.2 Å². The molecule has 0 saturated heterocycles. The van der Waals surface area contributed by atoms with Gasteiger partial charge in [-0.3, -0.25) is 4.98 Å². The van der Waals surface area contributed by atoms with Crippen molar-refractivity contribution in [2.45, 2.75) is 13.0 Å². The minimum absolute atomic E-state index is 0.203. The number of benzene rings is 1. The van der Waals surface area contributed by atoms with Crippen molar-refractivity contribution in [2.24, 2.45) is 0 Å². The fourth-order valence-corrected chi connectivity index (χ4v) is 1.62. The van der Waals surface area contributed by atoms with E-state index >= 15 is 0 Å². The number of nitrogens with two attached hydrogens (primary N) is 1. The first-order chi connectivity index (χ1) is 7.72. The predicted molar refractivity (Wildman–Crippen MR) is 69.4 cm³/mol. The van der Waals surface area contributed by atoms with Crippen molar-refractivity contribution in [3.8, 4) is 0 Å². The van der Waals surface area contributed by atoms with Crippen LogP contribution in [0.5, 0.6) is 0 Å². The van der Waals surface area contributed by atoms with Crippen molar-refractivity contribution in [3.63, 3.8) is 0 Å². The summed E-state index contributed by atoms with van der Waals surface area (Å²) in [4.78, 5) is 4.35. The molecule has 0 spiro atoms. The second kappa shape index (κ2) is 4.23. The molecule has 0 aliphatic rings. The molecular formula is C13H15N3. The number of fused-ring (bicyclic) bond motifs is 1. The Morgan fingerprint density at radius 1 is 1.44 bits per heavy atom. The van der Waals surface area contributed by atoms with Gasteiger partial charge in [-0.1, -0.05) is 6.08 Å². The molecule has 1 unspecified atom stereocenters. The highest BCUT2D eigenvalue weighted by Gasteiger charge is 2.05. The van der Waals surface area contributed by atoms with E-state index in [4.69, 9.17) is 5.73 Å². The number of hydrogen-bond donors (Lipinski definition) is 2. The third kappa shape index (κ3) is 1.84. The quantitative estimate of drug-likeness (QED) is 0.609. The summed E-state index contributed by atoms with van der Waals surface area (Å²) in [7, 11) is 0. The summed E-state index contributed by atoms with van der Waals surface area (Å²) in [5, 5.41) is 4.30. The molecule has 3 N–H and O–H groups in total. The van der Waals surface area contributed by atoms with Gasteiger partial charge in [0.25, 0.3) is 0 Å². The summed E-state index contributed by atoms with van der Waals surface area (Å²) in [6.07, 6.45) is 3.62. The Morgan fingerprint density at radius 3 is 3.00 bits per heavy atom. The highest BCUT2D eigenvalue weighted by molar-refractivity contribution is 5.98. The van der Waals surface area contributed by atoms with E-state index in [0.717, 1.165) is 22.3 Å². The Balaban J connectivity index is 2.54. The highest BCUT2D eigenvalue weighted by atomic mass is 14.9. The van der Waals surface area contributed by atoms with E-state index in [1.165, 1.54) is 0 Å². The van der Waals surface area contributed by atoms with Crippen molar-refractivity contribution < 1.29 is 0 Å². The molecule has 1 aromatic heterocycles. The lowest BCUT2D eigenvalue weighted by molar-refractivity contribution is 1.00. The third-order valence-corrected chi connectivity index (χ3v) is 2.54. The third-order valence-electron chi connectivity index (χ3n) is 2.54. The Labute approximate surface area is 95.0 Å². The van der Waals surface area contributed by atoms with Crippen LogP contribution in [0.2, 0.25) is 0 Å². The number of nitrogen functional groups attached to an aromatic ring is 1. The van der Waals surface area contributed by atoms with E-state index in [-0.39, 0.29) is 6.04 Å². The monoisotopic (exact) mass is 213 g/mol.